The van der Waals surface area contributed by atoms with Crippen molar-refractivity contribution in [2.45, 2.75) is 40.2 Å². The zero-order chi connectivity index (χ0) is 9.61. The zero-order valence-electron chi connectivity index (χ0n) is 8.76. The Kier molecular flexibility index (Phi) is 4.57. The number of nitrogens with zero attached hydrogens (tertiary/aromatic N) is 1. The molecule has 1 heterocycles. The number of aliphatic imine (C=N–C) groups is 1. The van der Waals surface area contributed by atoms with Gasteiger partial charge in [-0.05, 0) is 26.8 Å². The molecule has 1 rings (SSSR count). The van der Waals surface area contributed by atoms with Gasteiger partial charge >= 0.3 is 0 Å². The molecule has 0 N–H and O–H groups in total. The third-order valence-electron chi connectivity index (χ3n) is 1.43. The van der Waals surface area contributed by atoms with E-state index in [0.717, 1.165) is 0 Å². The predicted octanol–water partition coefficient (Wildman–Crippen LogP) is 3.38. The maximum atomic E-state index is 4.32. The molecule has 0 aromatic carbocycles. The first-order valence-electron chi connectivity index (χ1n) is 4.51. The van der Waals surface area contributed by atoms with Crippen LogP contribution in [0.1, 0.15) is 34.6 Å². The Morgan fingerprint density at radius 3 is 2.42 bits per heavy atom. The monoisotopic (exact) mass is 165 g/mol. The molecule has 0 saturated carbocycles. The van der Waals surface area contributed by atoms with Crippen LogP contribution in [0.3, 0.4) is 0 Å². The first kappa shape index (κ1) is 11.2. The molecule has 0 saturated heterocycles. The molecule has 68 valence electrons. The summed E-state index contributed by atoms with van der Waals surface area (Å²) in [6.45, 7) is 10.3. The third-order valence-corrected chi connectivity index (χ3v) is 1.43. The molecule has 0 radical (unpaired) electrons. The fourth-order valence-electron chi connectivity index (χ4n) is 1.07. The molecular formula is C11H19N. The van der Waals surface area contributed by atoms with Crippen LogP contribution in [-0.2, 0) is 0 Å². The molecule has 0 unspecified atom stereocenters. The van der Waals surface area contributed by atoms with Crippen LogP contribution in [0.15, 0.2) is 28.8 Å². The van der Waals surface area contributed by atoms with Gasteiger partial charge in [0, 0.05) is 6.21 Å². The second-order valence-corrected chi connectivity index (χ2v) is 3.18. The minimum Gasteiger partial charge on any atom is -0.283 e. The molecule has 0 spiro atoms. The summed E-state index contributed by atoms with van der Waals surface area (Å²) >= 11 is 0. The van der Waals surface area contributed by atoms with Gasteiger partial charge in [0.1, 0.15) is 0 Å². The lowest BCUT2D eigenvalue weighted by molar-refractivity contribution is 0.659. The summed E-state index contributed by atoms with van der Waals surface area (Å²) in [4.78, 5) is 4.32. The Balaban J connectivity index is 0.000000561. The van der Waals surface area contributed by atoms with Gasteiger partial charge in [-0.25, -0.2) is 0 Å². The number of hydrogen-bond acceptors (Lipinski definition) is 1. The summed E-state index contributed by atoms with van der Waals surface area (Å²) in [5.74, 6) is 0. The van der Waals surface area contributed by atoms with E-state index < -0.39 is 0 Å². The van der Waals surface area contributed by atoms with Crippen molar-refractivity contribution in [1.82, 2.24) is 0 Å². The van der Waals surface area contributed by atoms with Crippen molar-refractivity contribution in [3.8, 4) is 0 Å². The minimum atomic E-state index is -0.0203. The molecule has 0 aromatic rings. The molecule has 0 amide bonds. The normalized spacial score (nSPS) is 18.9. The van der Waals surface area contributed by atoms with Crippen molar-refractivity contribution in [3.63, 3.8) is 0 Å². The molecule has 1 heteroatoms. The van der Waals surface area contributed by atoms with E-state index in [4.69, 9.17) is 0 Å². The van der Waals surface area contributed by atoms with E-state index in [1.165, 1.54) is 5.57 Å². The summed E-state index contributed by atoms with van der Waals surface area (Å²) < 4.78 is 0. The average Bonchev–Trinajstić information content (AvgIpc) is 2.14. The van der Waals surface area contributed by atoms with Crippen LogP contribution in [0.5, 0.6) is 0 Å². The highest BCUT2D eigenvalue weighted by Crippen LogP contribution is 2.15. The molecule has 0 atom stereocenters. The van der Waals surface area contributed by atoms with E-state index in [9.17, 15) is 0 Å². The van der Waals surface area contributed by atoms with Crippen LogP contribution in [-0.4, -0.2) is 11.8 Å². The van der Waals surface area contributed by atoms with E-state index in [1.54, 1.807) is 0 Å². The largest absolute Gasteiger partial charge is 0.283 e. The van der Waals surface area contributed by atoms with Gasteiger partial charge in [0.05, 0.1) is 5.54 Å². The fourth-order valence-corrected chi connectivity index (χ4v) is 1.07. The van der Waals surface area contributed by atoms with Crippen molar-refractivity contribution >= 4 is 6.21 Å². The lowest BCUT2D eigenvalue weighted by Gasteiger charge is -2.12. The summed E-state index contributed by atoms with van der Waals surface area (Å²) in [6.07, 6.45) is 8.05. The predicted molar refractivity (Wildman–Crippen MR) is 56.8 cm³/mol. The van der Waals surface area contributed by atoms with Crippen molar-refractivity contribution in [3.05, 3.63) is 23.8 Å². The summed E-state index contributed by atoms with van der Waals surface area (Å²) in [6, 6.07) is 0. The fraction of sp³-hybridized carbons (Fsp3) is 0.545. The van der Waals surface area contributed by atoms with Crippen molar-refractivity contribution in [1.29, 1.82) is 0 Å². The Morgan fingerprint density at radius 2 is 1.83 bits per heavy atom. The molecular weight excluding hydrogens is 146 g/mol. The van der Waals surface area contributed by atoms with Crippen LogP contribution in [0.2, 0.25) is 0 Å². The highest BCUT2D eigenvalue weighted by atomic mass is 14.8. The summed E-state index contributed by atoms with van der Waals surface area (Å²) in [5, 5.41) is 0. The van der Waals surface area contributed by atoms with E-state index >= 15 is 0 Å². The van der Waals surface area contributed by atoms with Gasteiger partial charge in [-0.2, -0.15) is 0 Å². The highest BCUT2D eigenvalue weighted by molar-refractivity contribution is 5.73. The molecule has 0 bridgehead atoms. The van der Waals surface area contributed by atoms with E-state index in [1.807, 2.05) is 26.1 Å². The Labute approximate surface area is 75.9 Å². The van der Waals surface area contributed by atoms with Crippen LogP contribution < -0.4 is 0 Å². The van der Waals surface area contributed by atoms with Gasteiger partial charge in [-0.15, -0.1) is 0 Å². The van der Waals surface area contributed by atoms with Gasteiger partial charge in [0.25, 0.3) is 0 Å². The van der Waals surface area contributed by atoms with E-state index in [0.29, 0.717) is 0 Å². The van der Waals surface area contributed by atoms with E-state index in [2.05, 4.69) is 37.9 Å². The molecule has 0 aromatic heterocycles. The Hall–Kier alpha value is -0.850. The molecule has 0 fully saturated rings. The minimum absolute atomic E-state index is 0.0203. The van der Waals surface area contributed by atoms with Crippen molar-refractivity contribution in [2.75, 3.05) is 0 Å². The molecule has 12 heavy (non-hydrogen) atoms. The quantitative estimate of drug-likeness (QED) is 0.522. The molecule has 1 aliphatic rings. The highest BCUT2D eigenvalue weighted by Gasteiger charge is 2.11. The summed E-state index contributed by atoms with van der Waals surface area (Å²) in [5.41, 5.74) is 1.26. The third kappa shape index (κ3) is 4.12. The SMILES string of the molecule is CC.CC1=CC(C)(C)N=CC=C1. The van der Waals surface area contributed by atoms with Gasteiger partial charge in [-0.1, -0.05) is 31.6 Å². The standard InChI is InChI=1S/C9H13N.C2H6/c1-8-5-4-6-10-9(2,3)7-8;1-2/h4-7H,1-3H3;1-2H3. The van der Waals surface area contributed by atoms with E-state index in [-0.39, 0.29) is 5.54 Å². The molecule has 1 nitrogen and oxygen atoms in total. The smallest absolute Gasteiger partial charge is 0.0737 e. The Bertz CT molecular complexity index is 207. The van der Waals surface area contributed by atoms with Crippen LogP contribution in [0, 0.1) is 0 Å². The first-order valence-corrected chi connectivity index (χ1v) is 4.51. The Morgan fingerprint density at radius 1 is 1.25 bits per heavy atom. The topological polar surface area (TPSA) is 12.4 Å². The van der Waals surface area contributed by atoms with Crippen molar-refractivity contribution in [2.24, 2.45) is 4.99 Å². The summed E-state index contributed by atoms with van der Waals surface area (Å²) in [7, 11) is 0. The lowest BCUT2D eigenvalue weighted by Crippen LogP contribution is -2.11. The molecule has 0 aliphatic carbocycles. The second-order valence-electron chi connectivity index (χ2n) is 3.18. The zero-order valence-corrected chi connectivity index (χ0v) is 8.76. The van der Waals surface area contributed by atoms with Crippen LogP contribution >= 0.6 is 0 Å². The number of allylic oxidation sites excluding steroid dienone is 3. The number of hydrogen-bond donors (Lipinski definition) is 0. The second kappa shape index (κ2) is 4.91. The average molecular weight is 165 g/mol. The van der Waals surface area contributed by atoms with Gasteiger partial charge in [-0.3, -0.25) is 4.99 Å². The van der Waals surface area contributed by atoms with Crippen LogP contribution in [0.4, 0.5) is 0 Å². The first-order chi connectivity index (χ1) is 5.60. The van der Waals surface area contributed by atoms with Gasteiger partial charge in [0.15, 0.2) is 0 Å². The maximum absolute atomic E-state index is 4.32. The molecule has 1 aliphatic heterocycles. The van der Waals surface area contributed by atoms with Gasteiger partial charge in [0.2, 0.25) is 0 Å². The van der Waals surface area contributed by atoms with Crippen molar-refractivity contribution < 1.29 is 0 Å². The number of rotatable bonds is 0. The maximum Gasteiger partial charge on any atom is 0.0737 e. The van der Waals surface area contributed by atoms with Crippen LogP contribution in [0.25, 0.3) is 0 Å². The lowest BCUT2D eigenvalue weighted by atomic mass is 10.0. The van der Waals surface area contributed by atoms with Gasteiger partial charge < -0.3 is 0 Å².